The molecule has 20 heavy (non-hydrogen) atoms. The highest BCUT2D eigenvalue weighted by Crippen LogP contribution is 2.35. The Bertz CT molecular complexity index is 443. The number of halogens is 2. The summed E-state index contributed by atoms with van der Waals surface area (Å²) in [6.07, 6.45) is 2.27. The van der Waals surface area contributed by atoms with Crippen LogP contribution in [0.1, 0.15) is 30.7 Å². The molecule has 2 unspecified atom stereocenters. The van der Waals surface area contributed by atoms with Crippen molar-refractivity contribution in [2.75, 3.05) is 19.8 Å². The molecule has 0 aromatic carbocycles. The summed E-state index contributed by atoms with van der Waals surface area (Å²) >= 11 is 10.8. The zero-order chi connectivity index (χ0) is 14.5. The van der Waals surface area contributed by atoms with Gasteiger partial charge in [-0.3, -0.25) is 5.32 Å². The topological polar surface area (TPSA) is 47.6 Å². The minimum absolute atomic E-state index is 0.172. The fourth-order valence-electron chi connectivity index (χ4n) is 2.09. The van der Waals surface area contributed by atoms with Crippen molar-refractivity contribution < 1.29 is 14.3 Å². The van der Waals surface area contributed by atoms with Gasteiger partial charge >= 0.3 is 5.97 Å². The van der Waals surface area contributed by atoms with E-state index in [1.54, 1.807) is 6.92 Å². The highest BCUT2D eigenvalue weighted by molar-refractivity contribution is 9.10. The van der Waals surface area contributed by atoms with Crippen LogP contribution in [-0.2, 0) is 14.3 Å². The van der Waals surface area contributed by atoms with Crippen LogP contribution in [0.2, 0.25) is 4.34 Å². The largest absolute Gasteiger partial charge is 0.465 e. The number of hydrogen-bond acceptors (Lipinski definition) is 5. The van der Waals surface area contributed by atoms with Crippen LogP contribution >= 0.6 is 38.9 Å². The number of esters is 1. The lowest BCUT2D eigenvalue weighted by Gasteiger charge is -2.18. The third-order valence-electron chi connectivity index (χ3n) is 3.04. The second kappa shape index (κ2) is 7.75. The summed E-state index contributed by atoms with van der Waals surface area (Å²) in [5, 5.41) is 3.23. The normalized spacial score (nSPS) is 20.1. The van der Waals surface area contributed by atoms with Crippen molar-refractivity contribution in [3.63, 3.8) is 0 Å². The van der Waals surface area contributed by atoms with Crippen LogP contribution in [0.3, 0.4) is 0 Å². The molecule has 2 atom stereocenters. The molecule has 112 valence electrons. The van der Waals surface area contributed by atoms with E-state index in [9.17, 15) is 4.79 Å². The summed E-state index contributed by atoms with van der Waals surface area (Å²) in [6.45, 7) is 3.59. The number of carbonyl (C=O) groups excluding carboxylic acids is 1. The van der Waals surface area contributed by atoms with Gasteiger partial charge < -0.3 is 9.47 Å². The summed E-state index contributed by atoms with van der Waals surface area (Å²) in [6, 6.07) is 1.37. The molecule has 1 fully saturated rings. The van der Waals surface area contributed by atoms with Gasteiger partial charge in [0.1, 0.15) is 10.4 Å². The number of carbonyl (C=O) groups is 1. The maximum absolute atomic E-state index is 12.1. The van der Waals surface area contributed by atoms with E-state index in [2.05, 4.69) is 21.2 Å². The molecule has 0 amide bonds. The Kier molecular flexibility index (Phi) is 6.29. The first-order valence-electron chi connectivity index (χ1n) is 6.58. The Morgan fingerprint density at radius 1 is 1.75 bits per heavy atom. The van der Waals surface area contributed by atoms with Crippen molar-refractivity contribution >= 4 is 44.8 Å². The molecule has 0 bridgehead atoms. The van der Waals surface area contributed by atoms with Gasteiger partial charge in [-0.05, 0) is 41.8 Å². The molecular formula is C13H17BrClNO3S. The smallest absolute Gasteiger partial charge is 0.328 e. The molecule has 1 N–H and O–H groups in total. The summed E-state index contributed by atoms with van der Waals surface area (Å²) in [5.74, 6) is -0.282. The molecule has 0 radical (unpaired) electrons. The van der Waals surface area contributed by atoms with Gasteiger partial charge in [-0.15, -0.1) is 11.3 Å². The first kappa shape index (κ1) is 16.2. The SMILES string of the molecule is CCOC(=O)C(NCC1CCCO1)c1cc(Br)c(Cl)s1. The highest BCUT2D eigenvalue weighted by atomic mass is 79.9. The quantitative estimate of drug-likeness (QED) is 0.765. The molecule has 7 heteroatoms. The molecule has 0 aliphatic carbocycles. The zero-order valence-electron chi connectivity index (χ0n) is 11.2. The Morgan fingerprint density at radius 3 is 3.10 bits per heavy atom. The van der Waals surface area contributed by atoms with E-state index < -0.39 is 6.04 Å². The molecule has 1 saturated heterocycles. The van der Waals surface area contributed by atoms with Crippen LogP contribution in [0.4, 0.5) is 0 Å². The Hall–Kier alpha value is -0.140. The first-order valence-corrected chi connectivity index (χ1v) is 8.57. The zero-order valence-corrected chi connectivity index (χ0v) is 14.3. The number of thiophene rings is 1. The average molecular weight is 383 g/mol. The van der Waals surface area contributed by atoms with Crippen LogP contribution in [0.15, 0.2) is 10.5 Å². The van der Waals surface area contributed by atoms with Gasteiger partial charge in [-0.25, -0.2) is 4.79 Å². The predicted octanol–water partition coefficient (Wildman–Crippen LogP) is 3.54. The molecule has 2 rings (SSSR count). The lowest BCUT2D eigenvalue weighted by Crippen LogP contribution is -2.35. The fourth-order valence-corrected chi connectivity index (χ4v) is 3.89. The van der Waals surface area contributed by atoms with Crippen molar-refractivity contribution in [1.82, 2.24) is 5.32 Å². The molecule has 1 aliphatic rings. The van der Waals surface area contributed by atoms with Crippen molar-refractivity contribution in [2.24, 2.45) is 0 Å². The maximum atomic E-state index is 12.1. The van der Waals surface area contributed by atoms with Crippen LogP contribution in [0.25, 0.3) is 0 Å². The van der Waals surface area contributed by atoms with Crippen molar-refractivity contribution in [2.45, 2.75) is 31.9 Å². The molecule has 1 aromatic heterocycles. The summed E-state index contributed by atoms with van der Waals surface area (Å²) in [7, 11) is 0. The lowest BCUT2D eigenvalue weighted by molar-refractivity contribution is -0.145. The summed E-state index contributed by atoms with van der Waals surface area (Å²) < 4.78 is 12.1. The van der Waals surface area contributed by atoms with E-state index >= 15 is 0 Å². The fraction of sp³-hybridized carbons (Fsp3) is 0.615. The molecule has 2 heterocycles. The molecular weight excluding hydrogens is 366 g/mol. The second-order valence-electron chi connectivity index (χ2n) is 4.50. The first-order chi connectivity index (χ1) is 9.61. The summed E-state index contributed by atoms with van der Waals surface area (Å²) in [4.78, 5) is 12.9. The van der Waals surface area contributed by atoms with Crippen molar-refractivity contribution in [3.05, 3.63) is 19.8 Å². The van der Waals surface area contributed by atoms with E-state index in [4.69, 9.17) is 21.1 Å². The number of hydrogen-bond donors (Lipinski definition) is 1. The van der Waals surface area contributed by atoms with Crippen molar-refractivity contribution in [1.29, 1.82) is 0 Å². The Morgan fingerprint density at radius 2 is 2.55 bits per heavy atom. The van der Waals surface area contributed by atoms with Gasteiger partial charge in [0.25, 0.3) is 0 Å². The molecule has 4 nitrogen and oxygen atoms in total. The molecule has 0 spiro atoms. The highest BCUT2D eigenvalue weighted by Gasteiger charge is 2.26. The molecule has 1 aromatic rings. The van der Waals surface area contributed by atoms with Crippen LogP contribution in [0.5, 0.6) is 0 Å². The minimum Gasteiger partial charge on any atom is -0.465 e. The summed E-state index contributed by atoms with van der Waals surface area (Å²) in [5.41, 5.74) is 0. The average Bonchev–Trinajstić information content (AvgIpc) is 3.02. The third-order valence-corrected chi connectivity index (χ3v) is 5.58. The van der Waals surface area contributed by atoms with Crippen molar-refractivity contribution in [3.8, 4) is 0 Å². The van der Waals surface area contributed by atoms with E-state index in [0.29, 0.717) is 17.5 Å². The second-order valence-corrected chi connectivity index (χ2v) is 7.04. The van der Waals surface area contributed by atoms with Crippen LogP contribution < -0.4 is 5.32 Å². The monoisotopic (exact) mass is 381 g/mol. The van der Waals surface area contributed by atoms with E-state index in [1.165, 1.54) is 11.3 Å². The van der Waals surface area contributed by atoms with Crippen LogP contribution in [0, 0.1) is 0 Å². The number of rotatable bonds is 6. The van der Waals surface area contributed by atoms with Gasteiger partial charge in [0, 0.05) is 22.5 Å². The lowest BCUT2D eigenvalue weighted by atomic mass is 10.2. The third kappa shape index (κ3) is 4.18. The predicted molar refractivity (Wildman–Crippen MR) is 83.4 cm³/mol. The van der Waals surface area contributed by atoms with Gasteiger partial charge in [-0.2, -0.15) is 0 Å². The Balaban J connectivity index is 2.05. The van der Waals surface area contributed by atoms with Gasteiger partial charge in [0.2, 0.25) is 0 Å². The number of nitrogens with one attached hydrogen (secondary N) is 1. The van der Waals surface area contributed by atoms with E-state index in [-0.39, 0.29) is 12.1 Å². The van der Waals surface area contributed by atoms with Gasteiger partial charge in [-0.1, -0.05) is 11.6 Å². The molecule has 0 saturated carbocycles. The number of ether oxygens (including phenoxy) is 2. The Labute approximate surface area is 135 Å². The maximum Gasteiger partial charge on any atom is 0.328 e. The van der Waals surface area contributed by atoms with Gasteiger partial charge in [0.15, 0.2) is 0 Å². The standard InChI is InChI=1S/C13H17BrClNO3S/c1-2-18-13(17)11(10-6-9(14)12(15)20-10)16-7-8-4-3-5-19-8/h6,8,11,16H,2-5,7H2,1H3. The minimum atomic E-state index is -0.493. The van der Waals surface area contributed by atoms with E-state index in [1.807, 2.05) is 6.07 Å². The van der Waals surface area contributed by atoms with E-state index in [0.717, 1.165) is 28.8 Å². The van der Waals surface area contributed by atoms with Crippen LogP contribution in [-0.4, -0.2) is 31.8 Å². The molecule has 1 aliphatic heterocycles. The van der Waals surface area contributed by atoms with Gasteiger partial charge in [0.05, 0.1) is 12.7 Å².